The molecule has 0 aliphatic rings. The third kappa shape index (κ3) is 4.97. The maximum Gasteiger partial charge on any atom is 0.215 e. The lowest BCUT2D eigenvalue weighted by Crippen LogP contribution is -2.52. The van der Waals surface area contributed by atoms with Gasteiger partial charge in [-0.3, -0.25) is 0 Å². The van der Waals surface area contributed by atoms with Gasteiger partial charge in [0.15, 0.2) is 0 Å². The predicted octanol–water partition coefficient (Wildman–Crippen LogP) is -0.690. The number of aliphatic hydroxyl groups is 2. The van der Waals surface area contributed by atoms with E-state index in [0.717, 1.165) is 0 Å². The van der Waals surface area contributed by atoms with Crippen LogP contribution < -0.4 is 15.2 Å². The molecule has 0 spiro atoms. The van der Waals surface area contributed by atoms with Crippen LogP contribution in [0, 0.1) is 0 Å². The lowest BCUT2D eigenvalue weighted by atomic mass is 10.1. The number of anilines is 1. The molecule has 8 heteroatoms. The van der Waals surface area contributed by atoms with Crippen molar-refractivity contribution >= 4 is 15.7 Å². The normalized spacial score (nSPS) is 12.3. The number of nitrogens with two attached hydrogens (primary N) is 1. The van der Waals surface area contributed by atoms with E-state index in [9.17, 15) is 8.42 Å². The van der Waals surface area contributed by atoms with Crippen molar-refractivity contribution in [3.8, 4) is 5.75 Å². The van der Waals surface area contributed by atoms with Crippen molar-refractivity contribution in [2.75, 3.05) is 31.3 Å². The van der Waals surface area contributed by atoms with Crippen molar-refractivity contribution in [3.63, 3.8) is 0 Å². The first kappa shape index (κ1) is 16.7. The molecule has 0 amide bonds. The number of para-hydroxylation sites is 2. The fourth-order valence-corrected chi connectivity index (χ4v) is 2.70. The second-order valence-corrected chi connectivity index (χ2v) is 6.53. The molecule has 1 rings (SSSR count). The van der Waals surface area contributed by atoms with E-state index in [2.05, 4.69) is 4.72 Å². The quantitative estimate of drug-likeness (QED) is 0.472. The van der Waals surface area contributed by atoms with Gasteiger partial charge in [0, 0.05) is 0 Å². The van der Waals surface area contributed by atoms with Crippen LogP contribution in [-0.2, 0) is 10.0 Å². The van der Waals surface area contributed by atoms with Crippen LogP contribution in [0.2, 0.25) is 0 Å². The molecule has 114 valence electrons. The molecule has 0 saturated carbocycles. The van der Waals surface area contributed by atoms with Crippen LogP contribution in [-0.4, -0.2) is 49.7 Å². The molecule has 0 heterocycles. The molecule has 5 N–H and O–H groups in total. The molecule has 7 nitrogen and oxygen atoms in total. The molecular weight excluding hydrogens is 284 g/mol. The molecule has 0 saturated heterocycles. The predicted molar refractivity (Wildman–Crippen MR) is 75.8 cm³/mol. The van der Waals surface area contributed by atoms with Crippen molar-refractivity contribution in [1.82, 2.24) is 4.72 Å². The summed E-state index contributed by atoms with van der Waals surface area (Å²) in [6.07, 6.45) is 0. The first-order valence-electron chi connectivity index (χ1n) is 6.02. The van der Waals surface area contributed by atoms with Gasteiger partial charge >= 0.3 is 0 Å². The Balaban J connectivity index is 2.54. The minimum absolute atomic E-state index is 0.0868. The van der Waals surface area contributed by atoms with E-state index in [0.29, 0.717) is 11.4 Å². The molecule has 0 bridgehead atoms. The first-order valence-corrected chi connectivity index (χ1v) is 7.68. The van der Waals surface area contributed by atoms with Crippen LogP contribution in [0.3, 0.4) is 0 Å². The van der Waals surface area contributed by atoms with Crippen LogP contribution in [0.25, 0.3) is 0 Å². The molecule has 0 radical (unpaired) electrons. The highest BCUT2D eigenvalue weighted by molar-refractivity contribution is 7.89. The number of sulfonamides is 1. The number of benzene rings is 1. The maximum absolute atomic E-state index is 11.8. The topological polar surface area (TPSA) is 122 Å². The zero-order chi connectivity index (χ0) is 15.2. The van der Waals surface area contributed by atoms with Gasteiger partial charge < -0.3 is 20.7 Å². The van der Waals surface area contributed by atoms with Crippen LogP contribution >= 0.6 is 0 Å². The highest BCUT2D eigenvalue weighted by Crippen LogP contribution is 2.19. The van der Waals surface area contributed by atoms with E-state index >= 15 is 0 Å². The van der Waals surface area contributed by atoms with Crippen LogP contribution in [0.1, 0.15) is 6.92 Å². The zero-order valence-corrected chi connectivity index (χ0v) is 12.1. The number of nitrogen functional groups attached to an aromatic ring is 1. The van der Waals surface area contributed by atoms with E-state index in [4.69, 9.17) is 20.7 Å². The van der Waals surface area contributed by atoms with Crippen LogP contribution in [0.4, 0.5) is 5.69 Å². The molecule has 20 heavy (non-hydrogen) atoms. The van der Waals surface area contributed by atoms with Gasteiger partial charge in [-0.15, -0.1) is 0 Å². The maximum atomic E-state index is 11.8. The standard InChI is InChI=1S/C12H20N2O5S/c1-12(8-15,9-16)14-20(17,18)7-6-19-11-5-3-2-4-10(11)13/h2-5,14-16H,6-9,13H2,1H3. The van der Waals surface area contributed by atoms with E-state index < -0.39 is 28.8 Å². The van der Waals surface area contributed by atoms with Gasteiger partial charge in [0.2, 0.25) is 10.0 Å². The molecule has 1 aromatic carbocycles. The Bertz CT molecular complexity index is 528. The van der Waals surface area contributed by atoms with Crippen molar-refractivity contribution in [2.45, 2.75) is 12.5 Å². The Hall–Kier alpha value is -1.35. The molecule has 0 aliphatic heterocycles. The molecule has 0 unspecified atom stereocenters. The van der Waals surface area contributed by atoms with Crippen LogP contribution in [0.5, 0.6) is 5.75 Å². The van der Waals surface area contributed by atoms with Gasteiger partial charge in [0.25, 0.3) is 0 Å². The Morgan fingerprint density at radius 3 is 2.45 bits per heavy atom. The van der Waals surface area contributed by atoms with Gasteiger partial charge in [0.1, 0.15) is 12.4 Å². The average molecular weight is 304 g/mol. The summed E-state index contributed by atoms with van der Waals surface area (Å²) in [4.78, 5) is 0. The smallest absolute Gasteiger partial charge is 0.215 e. The van der Waals surface area contributed by atoms with E-state index in [-0.39, 0.29) is 12.4 Å². The largest absolute Gasteiger partial charge is 0.490 e. The summed E-state index contributed by atoms with van der Waals surface area (Å²) >= 11 is 0. The summed E-state index contributed by atoms with van der Waals surface area (Å²) in [5.41, 5.74) is 4.80. The average Bonchev–Trinajstić information content (AvgIpc) is 2.40. The van der Waals surface area contributed by atoms with Crippen LogP contribution in [0.15, 0.2) is 24.3 Å². The Kier molecular flexibility index (Phi) is 5.75. The van der Waals surface area contributed by atoms with Crippen molar-refractivity contribution in [2.24, 2.45) is 0 Å². The number of nitrogens with one attached hydrogen (secondary N) is 1. The fraction of sp³-hybridized carbons (Fsp3) is 0.500. The van der Waals surface area contributed by atoms with Gasteiger partial charge in [0.05, 0.1) is 30.2 Å². The Morgan fingerprint density at radius 1 is 1.30 bits per heavy atom. The SMILES string of the molecule is CC(CO)(CO)NS(=O)(=O)CCOc1ccccc1N. The molecular formula is C12H20N2O5S. The number of hydrogen-bond acceptors (Lipinski definition) is 6. The summed E-state index contributed by atoms with van der Waals surface area (Å²) in [7, 11) is -3.68. The number of hydrogen-bond donors (Lipinski definition) is 4. The minimum Gasteiger partial charge on any atom is -0.490 e. The van der Waals surface area contributed by atoms with E-state index in [1.807, 2.05) is 0 Å². The van der Waals surface area contributed by atoms with Gasteiger partial charge in [-0.2, -0.15) is 0 Å². The number of aliphatic hydroxyl groups excluding tert-OH is 2. The minimum atomic E-state index is -3.68. The first-order chi connectivity index (χ1) is 9.32. The molecule has 0 atom stereocenters. The second-order valence-electron chi connectivity index (χ2n) is 4.68. The zero-order valence-electron chi connectivity index (χ0n) is 11.2. The monoisotopic (exact) mass is 304 g/mol. The van der Waals surface area contributed by atoms with Gasteiger partial charge in [-0.25, -0.2) is 13.1 Å². The lowest BCUT2D eigenvalue weighted by molar-refractivity contribution is 0.121. The van der Waals surface area contributed by atoms with Crippen molar-refractivity contribution < 1.29 is 23.4 Å². The van der Waals surface area contributed by atoms with Crippen molar-refractivity contribution in [3.05, 3.63) is 24.3 Å². The summed E-state index contributed by atoms with van der Waals surface area (Å²) in [5.74, 6) is 0.103. The van der Waals surface area contributed by atoms with Crippen molar-refractivity contribution in [1.29, 1.82) is 0 Å². The molecule has 1 aromatic rings. The molecule has 0 fully saturated rings. The molecule has 0 aromatic heterocycles. The third-order valence-corrected chi connectivity index (χ3v) is 4.14. The van der Waals surface area contributed by atoms with E-state index in [1.165, 1.54) is 6.92 Å². The van der Waals surface area contributed by atoms with Gasteiger partial charge in [-0.1, -0.05) is 12.1 Å². The van der Waals surface area contributed by atoms with Gasteiger partial charge in [-0.05, 0) is 19.1 Å². The Morgan fingerprint density at radius 2 is 1.90 bits per heavy atom. The lowest BCUT2D eigenvalue weighted by Gasteiger charge is -2.25. The Labute approximate surface area is 118 Å². The highest BCUT2D eigenvalue weighted by Gasteiger charge is 2.28. The molecule has 0 aliphatic carbocycles. The summed E-state index contributed by atoms with van der Waals surface area (Å²) in [6.45, 7) is 0.307. The van der Waals surface area contributed by atoms with E-state index in [1.54, 1.807) is 24.3 Å². The second kappa shape index (κ2) is 6.89. The number of ether oxygens (including phenoxy) is 1. The number of rotatable bonds is 8. The summed E-state index contributed by atoms with van der Waals surface area (Å²) in [6, 6.07) is 6.76. The fourth-order valence-electron chi connectivity index (χ4n) is 1.41. The summed E-state index contributed by atoms with van der Waals surface area (Å²) in [5, 5.41) is 18.1. The summed E-state index contributed by atoms with van der Waals surface area (Å²) < 4.78 is 31.1. The third-order valence-electron chi connectivity index (χ3n) is 2.63. The highest BCUT2D eigenvalue weighted by atomic mass is 32.2.